The van der Waals surface area contributed by atoms with Gasteiger partial charge in [0.1, 0.15) is 11.6 Å². The van der Waals surface area contributed by atoms with Crippen LogP contribution in [0.3, 0.4) is 0 Å². The van der Waals surface area contributed by atoms with Gasteiger partial charge in [-0.1, -0.05) is 0 Å². The number of carbonyl (C=O) groups is 1. The third-order valence-corrected chi connectivity index (χ3v) is 6.15. The van der Waals surface area contributed by atoms with Crippen molar-refractivity contribution in [2.75, 3.05) is 31.8 Å². The van der Waals surface area contributed by atoms with E-state index < -0.39 is 15.7 Å². The fourth-order valence-corrected chi connectivity index (χ4v) is 4.71. The molecule has 0 bridgehead atoms. The first-order valence-corrected chi connectivity index (χ1v) is 10.3. The van der Waals surface area contributed by atoms with Crippen molar-refractivity contribution in [1.82, 2.24) is 15.1 Å². The summed E-state index contributed by atoms with van der Waals surface area (Å²) in [5.74, 6) is -0.212. The van der Waals surface area contributed by atoms with Crippen molar-refractivity contribution in [2.45, 2.75) is 32.7 Å². The number of hydrogen-bond donors (Lipinski definition) is 1. The van der Waals surface area contributed by atoms with Crippen molar-refractivity contribution in [3.05, 3.63) is 22.5 Å². The van der Waals surface area contributed by atoms with Gasteiger partial charge in [0.2, 0.25) is 0 Å². The zero-order valence-electron chi connectivity index (χ0n) is 15.3. The van der Waals surface area contributed by atoms with Gasteiger partial charge >= 0.3 is 0 Å². The average molecular weight is 380 g/mol. The third kappa shape index (κ3) is 4.71. The Balaban J connectivity index is 2.21. The molecule has 0 spiro atoms. The van der Waals surface area contributed by atoms with Crippen LogP contribution in [-0.4, -0.2) is 55.9 Å². The van der Waals surface area contributed by atoms with Gasteiger partial charge in [0, 0.05) is 31.5 Å². The molecule has 0 unspecified atom stereocenters. The van der Waals surface area contributed by atoms with Crippen LogP contribution in [0, 0.1) is 25.2 Å². The molecule has 0 aromatic carbocycles. The van der Waals surface area contributed by atoms with E-state index >= 15 is 0 Å². The predicted octanol–water partition coefficient (Wildman–Crippen LogP) is 0.919. The molecule has 0 saturated carbocycles. The minimum Gasteiger partial charge on any atom is -0.385 e. The number of methoxy groups -OCH3 is 1. The van der Waals surface area contributed by atoms with Crippen molar-refractivity contribution < 1.29 is 17.9 Å². The number of aryl methyl sites for hydroxylation is 1. The van der Waals surface area contributed by atoms with Gasteiger partial charge < -0.3 is 10.1 Å². The molecule has 1 aliphatic rings. The molecule has 1 aromatic rings. The van der Waals surface area contributed by atoms with E-state index in [9.17, 15) is 18.5 Å². The molecule has 2 rings (SSSR count). The summed E-state index contributed by atoms with van der Waals surface area (Å²) < 4.78 is 30.1. The summed E-state index contributed by atoms with van der Waals surface area (Å²) in [6.45, 7) is 4.55. The van der Waals surface area contributed by atoms with Crippen LogP contribution >= 0.6 is 0 Å². The lowest BCUT2D eigenvalue weighted by Crippen LogP contribution is -2.26. The molecule has 1 saturated heterocycles. The number of carbonyl (C=O) groups excluding carboxylic acids is 1. The minimum absolute atomic E-state index is 0.00721. The Bertz CT molecular complexity index is 849. The van der Waals surface area contributed by atoms with Crippen LogP contribution in [0.1, 0.15) is 35.8 Å². The second kappa shape index (κ2) is 8.47. The van der Waals surface area contributed by atoms with Gasteiger partial charge in [-0.25, -0.2) is 8.42 Å². The Hall–Kier alpha value is -2.18. The van der Waals surface area contributed by atoms with E-state index in [0.717, 1.165) is 5.69 Å². The van der Waals surface area contributed by atoms with Crippen LogP contribution < -0.4 is 5.32 Å². The average Bonchev–Trinajstić information content (AvgIpc) is 3.08. The van der Waals surface area contributed by atoms with Gasteiger partial charge in [-0.3, -0.25) is 9.48 Å². The Kier molecular flexibility index (Phi) is 6.56. The number of nitrogens with one attached hydrogen (secondary N) is 1. The molecule has 1 amide bonds. The zero-order chi connectivity index (χ0) is 19.3. The van der Waals surface area contributed by atoms with Gasteiger partial charge in [0.15, 0.2) is 9.84 Å². The van der Waals surface area contributed by atoms with Crippen molar-refractivity contribution in [1.29, 1.82) is 5.26 Å². The molecule has 0 aliphatic carbocycles. The van der Waals surface area contributed by atoms with Gasteiger partial charge in [-0.15, -0.1) is 0 Å². The number of ether oxygens (including phenoxy) is 1. The number of sulfone groups is 1. The van der Waals surface area contributed by atoms with E-state index in [0.29, 0.717) is 37.3 Å². The van der Waals surface area contributed by atoms with Crippen LogP contribution in [0.5, 0.6) is 0 Å². The highest BCUT2D eigenvalue weighted by Gasteiger charge is 2.31. The summed E-state index contributed by atoms with van der Waals surface area (Å²) in [5, 5.41) is 16.4. The highest BCUT2D eigenvalue weighted by molar-refractivity contribution is 7.91. The maximum absolute atomic E-state index is 12.2. The molecule has 1 fully saturated rings. The first kappa shape index (κ1) is 20.1. The number of nitriles is 1. The summed E-state index contributed by atoms with van der Waals surface area (Å²) in [4.78, 5) is 12.2. The number of amides is 1. The third-order valence-electron chi connectivity index (χ3n) is 4.40. The van der Waals surface area contributed by atoms with Crippen molar-refractivity contribution in [3.8, 4) is 6.07 Å². The lowest BCUT2D eigenvalue weighted by atomic mass is 10.1. The molecular weight excluding hydrogens is 356 g/mol. The molecule has 1 aromatic heterocycles. The highest BCUT2D eigenvalue weighted by atomic mass is 32.2. The van der Waals surface area contributed by atoms with Crippen molar-refractivity contribution in [3.63, 3.8) is 0 Å². The summed E-state index contributed by atoms with van der Waals surface area (Å²) in [6.07, 6.45) is 2.70. The maximum Gasteiger partial charge on any atom is 0.261 e. The van der Waals surface area contributed by atoms with Crippen molar-refractivity contribution >= 4 is 21.8 Å². The molecule has 1 aliphatic heterocycles. The number of nitrogens with zero attached hydrogens (tertiary/aromatic N) is 3. The van der Waals surface area contributed by atoms with Crippen LogP contribution in [0.2, 0.25) is 0 Å². The molecule has 9 heteroatoms. The fourth-order valence-electron chi connectivity index (χ4n) is 3.01. The topological polar surface area (TPSA) is 114 Å². The van der Waals surface area contributed by atoms with E-state index in [1.807, 2.05) is 13.0 Å². The summed E-state index contributed by atoms with van der Waals surface area (Å²) in [7, 11) is -1.44. The zero-order valence-corrected chi connectivity index (χ0v) is 16.1. The fraction of sp³-hybridized carbons (Fsp3) is 0.588. The quantitative estimate of drug-likeness (QED) is 0.427. The molecule has 2 heterocycles. The van der Waals surface area contributed by atoms with Crippen molar-refractivity contribution in [2.24, 2.45) is 0 Å². The van der Waals surface area contributed by atoms with E-state index in [2.05, 4.69) is 10.4 Å². The lowest BCUT2D eigenvalue weighted by Gasteiger charge is -2.11. The normalized spacial score (nSPS) is 19.3. The first-order valence-electron chi connectivity index (χ1n) is 8.44. The Labute approximate surface area is 153 Å². The van der Waals surface area contributed by atoms with Gasteiger partial charge in [0.25, 0.3) is 5.91 Å². The minimum atomic E-state index is -3.02. The largest absolute Gasteiger partial charge is 0.385 e. The smallest absolute Gasteiger partial charge is 0.261 e. The van der Waals surface area contributed by atoms with E-state index in [-0.39, 0.29) is 23.1 Å². The van der Waals surface area contributed by atoms with E-state index in [1.54, 1.807) is 18.7 Å². The van der Waals surface area contributed by atoms with Crippen LogP contribution in [0.15, 0.2) is 5.57 Å². The maximum atomic E-state index is 12.2. The predicted molar refractivity (Wildman–Crippen MR) is 97.1 cm³/mol. The lowest BCUT2D eigenvalue weighted by molar-refractivity contribution is -0.117. The van der Waals surface area contributed by atoms with Crippen LogP contribution in [0.25, 0.3) is 6.08 Å². The Morgan fingerprint density at radius 2 is 2.23 bits per heavy atom. The van der Waals surface area contributed by atoms with Crippen LogP contribution in [0.4, 0.5) is 0 Å². The van der Waals surface area contributed by atoms with E-state index in [4.69, 9.17) is 4.74 Å². The highest BCUT2D eigenvalue weighted by Crippen LogP contribution is 2.27. The number of rotatable bonds is 7. The van der Waals surface area contributed by atoms with E-state index in [1.165, 1.54) is 6.08 Å². The first-order chi connectivity index (χ1) is 12.3. The summed E-state index contributed by atoms with van der Waals surface area (Å²) >= 11 is 0. The molecule has 0 radical (unpaired) electrons. The monoisotopic (exact) mass is 380 g/mol. The van der Waals surface area contributed by atoms with Gasteiger partial charge in [-0.05, 0) is 32.8 Å². The molecule has 142 valence electrons. The Morgan fingerprint density at radius 1 is 1.50 bits per heavy atom. The summed E-state index contributed by atoms with van der Waals surface area (Å²) in [5.41, 5.74) is 2.08. The number of aromatic nitrogens is 2. The second-order valence-electron chi connectivity index (χ2n) is 6.36. The molecular formula is C17H24N4O4S. The molecule has 1 N–H and O–H groups in total. The molecule has 26 heavy (non-hydrogen) atoms. The molecule has 8 nitrogen and oxygen atoms in total. The molecule has 1 atom stereocenters. The van der Waals surface area contributed by atoms with Gasteiger partial charge in [0.05, 0.1) is 23.2 Å². The number of hydrogen-bond acceptors (Lipinski definition) is 6. The Morgan fingerprint density at radius 3 is 2.81 bits per heavy atom. The SMILES string of the molecule is COCCCNC(=O)/C(C#N)=C/c1c(C)nn([C@@H]2CCS(=O)(=O)C2)c1C. The van der Waals surface area contributed by atoms with Crippen LogP contribution in [-0.2, 0) is 19.4 Å². The standard InChI is InChI=1S/C17H24N4O4S/c1-12-16(9-14(10-18)17(22)19-6-4-7-25-3)13(2)21(20-12)15-5-8-26(23,24)11-15/h9,15H,4-8,11H2,1-3H3,(H,19,22)/b14-9+/t15-/m1/s1. The summed E-state index contributed by atoms with van der Waals surface area (Å²) in [6, 6.07) is 1.72. The second-order valence-corrected chi connectivity index (χ2v) is 8.59. The van der Waals surface area contributed by atoms with Gasteiger partial charge in [-0.2, -0.15) is 10.4 Å².